The van der Waals surface area contributed by atoms with E-state index in [1.807, 2.05) is 6.92 Å². The first-order valence-electron chi connectivity index (χ1n) is 4.94. The second-order valence-electron chi connectivity index (χ2n) is 2.98. The molecule has 0 aromatic heterocycles. The molecule has 14 heavy (non-hydrogen) atoms. The molecular weight excluding hydrogens is 204 g/mol. The highest BCUT2D eigenvalue weighted by atomic mass is 32.2. The Hall–Kier alpha value is -0.170. The molecule has 0 spiro atoms. The van der Waals surface area contributed by atoms with E-state index in [4.69, 9.17) is 5.11 Å². The van der Waals surface area contributed by atoms with Crippen LogP contribution in [0.15, 0.2) is 0 Å². The lowest BCUT2D eigenvalue weighted by atomic mass is 10.3. The van der Waals surface area contributed by atoms with Crippen LogP contribution in [0.25, 0.3) is 0 Å². The van der Waals surface area contributed by atoms with Crippen molar-refractivity contribution >= 4 is 10.2 Å². The number of aliphatic hydroxyl groups is 1. The number of hydrogen-bond donors (Lipinski definition) is 2. The molecule has 0 saturated carbocycles. The smallest absolute Gasteiger partial charge is 0.279 e. The molecular formula is C8H20N2O3S. The summed E-state index contributed by atoms with van der Waals surface area (Å²) < 4.78 is 26.7. The van der Waals surface area contributed by atoms with Gasteiger partial charge in [-0.25, -0.2) is 4.72 Å². The van der Waals surface area contributed by atoms with Crippen molar-refractivity contribution in [1.29, 1.82) is 0 Å². The maximum Gasteiger partial charge on any atom is 0.279 e. The minimum atomic E-state index is -3.38. The van der Waals surface area contributed by atoms with E-state index < -0.39 is 10.2 Å². The highest BCUT2D eigenvalue weighted by Gasteiger charge is 2.18. The summed E-state index contributed by atoms with van der Waals surface area (Å²) in [7, 11) is -3.38. The molecule has 2 N–H and O–H groups in total. The molecule has 0 bridgehead atoms. The Morgan fingerprint density at radius 3 is 2.36 bits per heavy atom. The number of unbranched alkanes of at least 4 members (excludes halogenated alkanes) is 1. The third-order valence-corrected chi connectivity index (χ3v) is 3.48. The maximum atomic E-state index is 11.5. The van der Waals surface area contributed by atoms with E-state index in [1.165, 1.54) is 4.31 Å². The zero-order chi connectivity index (χ0) is 11.0. The first-order valence-corrected chi connectivity index (χ1v) is 6.38. The highest BCUT2D eigenvalue weighted by molar-refractivity contribution is 7.87. The fourth-order valence-electron chi connectivity index (χ4n) is 1.07. The predicted octanol–water partition coefficient (Wildman–Crippen LogP) is -0.0649. The van der Waals surface area contributed by atoms with E-state index in [0.717, 1.165) is 12.8 Å². The van der Waals surface area contributed by atoms with Crippen LogP contribution in [0.3, 0.4) is 0 Å². The van der Waals surface area contributed by atoms with Crippen LogP contribution in [-0.2, 0) is 10.2 Å². The van der Waals surface area contributed by atoms with Gasteiger partial charge in [-0.1, -0.05) is 20.3 Å². The molecule has 0 heterocycles. The molecule has 0 saturated heterocycles. The van der Waals surface area contributed by atoms with Gasteiger partial charge in [0.15, 0.2) is 0 Å². The molecule has 0 aliphatic heterocycles. The van der Waals surface area contributed by atoms with Crippen molar-refractivity contribution in [3.05, 3.63) is 0 Å². The van der Waals surface area contributed by atoms with Gasteiger partial charge < -0.3 is 5.11 Å². The second-order valence-corrected chi connectivity index (χ2v) is 4.73. The van der Waals surface area contributed by atoms with Crippen molar-refractivity contribution in [2.75, 3.05) is 26.2 Å². The maximum absolute atomic E-state index is 11.5. The molecule has 6 heteroatoms. The molecule has 0 radical (unpaired) electrons. The Labute approximate surface area is 86.3 Å². The van der Waals surface area contributed by atoms with Crippen molar-refractivity contribution in [2.45, 2.75) is 26.7 Å². The van der Waals surface area contributed by atoms with Crippen LogP contribution in [0, 0.1) is 0 Å². The van der Waals surface area contributed by atoms with Gasteiger partial charge in [0, 0.05) is 19.6 Å². The van der Waals surface area contributed by atoms with Gasteiger partial charge in [-0.05, 0) is 6.42 Å². The Balaban J connectivity index is 4.30. The molecule has 0 aliphatic carbocycles. The van der Waals surface area contributed by atoms with Gasteiger partial charge in [0.1, 0.15) is 0 Å². The van der Waals surface area contributed by atoms with Crippen LogP contribution in [0.5, 0.6) is 0 Å². The summed E-state index contributed by atoms with van der Waals surface area (Å²) in [4.78, 5) is 0. The second kappa shape index (κ2) is 7.17. The summed E-state index contributed by atoms with van der Waals surface area (Å²) in [5.41, 5.74) is 0. The molecule has 0 fully saturated rings. The van der Waals surface area contributed by atoms with Crippen molar-refractivity contribution in [1.82, 2.24) is 9.03 Å². The quantitative estimate of drug-likeness (QED) is 0.606. The summed E-state index contributed by atoms with van der Waals surface area (Å²) in [5.74, 6) is 0. The molecule has 0 amide bonds. The van der Waals surface area contributed by atoms with E-state index in [-0.39, 0.29) is 13.2 Å². The summed E-state index contributed by atoms with van der Waals surface area (Å²) in [6, 6.07) is 0. The van der Waals surface area contributed by atoms with Crippen LogP contribution >= 0.6 is 0 Å². The molecule has 0 atom stereocenters. The molecule has 0 rings (SSSR count). The normalized spacial score (nSPS) is 12.3. The number of nitrogens with zero attached hydrogens (tertiary/aromatic N) is 1. The zero-order valence-corrected chi connectivity index (χ0v) is 9.68. The topological polar surface area (TPSA) is 69.6 Å². The lowest BCUT2D eigenvalue weighted by molar-refractivity contribution is 0.251. The standard InChI is InChI=1S/C8H20N2O3S/c1-3-5-6-10(7-8-11)14(12,13)9-4-2/h9,11H,3-8H2,1-2H3. The average Bonchev–Trinajstić information content (AvgIpc) is 2.11. The molecule has 0 unspecified atom stereocenters. The number of aliphatic hydroxyl groups excluding tert-OH is 1. The molecule has 0 aliphatic rings. The monoisotopic (exact) mass is 224 g/mol. The van der Waals surface area contributed by atoms with Crippen LogP contribution in [0.1, 0.15) is 26.7 Å². The van der Waals surface area contributed by atoms with Gasteiger partial charge in [0.2, 0.25) is 0 Å². The third-order valence-electron chi connectivity index (χ3n) is 1.78. The first-order chi connectivity index (χ1) is 6.58. The Morgan fingerprint density at radius 1 is 1.29 bits per heavy atom. The summed E-state index contributed by atoms with van der Waals surface area (Å²) in [6.45, 7) is 4.58. The predicted molar refractivity (Wildman–Crippen MR) is 56.2 cm³/mol. The van der Waals surface area contributed by atoms with Crippen LogP contribution < -0.4 is 4.72 Å². The largest absolute Gasteiger partial charge is 0.395 e. The lowest BCUT2D eigenvalue weighted by Gasteiger charge is -2.20. The van der Waals surface area contributed by atoms with Crippen molar-refractivity contribution in [3.8, 4) is 0 Å². The van der Waals surface area contributed by atoms with Crippen molar-refractivity contribution < 1.29 is 13.5 Å². The van der Waals surface area contributed by atoms with Crippen molar-refractivity contribution in [3.63, 3.8) is 0 Å². The fourth-order valence-corrected chi connectivity index (χ4v) is 2.31. The fraction of sp³-hybridized carbons (Fsp3) is 1.00. The van der Waals surface area contributed by atoms with Gasteiger partial charge >= 0.3 is 0 Å². The molecule has 86 valence electrons. The van der Waals surface area contributed by atoms with E-state index in [9.17, 15) is 8.42 Å². The summed E-state index contributed by atoms with van der Waals surface area (Å²) >= 11 is 0. The van der Waals surface area contributed by atoms with Crippen molar-refractivity contribution in [2.24, 2.45) is 0 Å². The summed E-state index contributed by atoms with van der Waals surface area (Å²) in [5, 5.41) is 8.73. The Morgan fingerprint density at radius 2 is 1.93 bits per heavy atom. The SMILES string of the molecule is CCCCN(CCO)S(=O)(=O)NCC. The zero-order valence-electron chi connectivity index (χ0n) is 8.86. The number of hydrogen-bond acceptors (Lipinski definition) is 3. The van der Waals surface area contributed by atoms with E-state index in [2.05, 4.69) is 4.72 Å². The van der Waals surface area contributed by atoms with Gasteiger partial charge in [0.25, 0.3) is 10.2 Å². The average molecular weight is 224 g/mol. The van der Waals surface area contributed by atoms with Gasteiger partial charge in [-0.3, -0.25) is 0 Å². The van der Waals surface area contributed by atoms with Crippen LogP contribution in [-0.4, -0.2) is 44.1 Å². The minimum absolute atomic E-state index is 0.145. The Bertz CT molecular complexity index is 229. The summed E-state index contributed by atoms with van der Waals surface area (Å²) in [6.07, 6.45) is 1.74. The number of nitrogens with one attached hydrogen (secondary N) is 1. The number of rotatable bonds is 8. The lowest BCUT2D eigenvalue weighted by Crippen LogP contribution is -2.42. The minimum Gasteiger partial charge on any atom is -0.395 e. The highest BCUT2D eigenvalue weighted by Crippen LogP contribution is 2.00. The van der Waals surface area contributed by atoms with E-state index in [1.54, 1.807) is 6.92 Å². The third kappa shape index (κ3) is 4.90. The Kier molecular flexibility index (Phi) is 7.08. The van der Waals surface area contributed by atoms with Gasteiger partial charge in [-0.15, -0.1) is 0 Å². The molecule has 0 aromatic rings. The van der Waals surface area contributed by atoms with Gasteiger partial charge in [0.05, 0.1) is 6.61 Å². The molecule has 0 aromatic carbocycles. The van der Waals surface area contributed by atoms with Crippen LogP contribution in [0.4, 0.5) is 0 Å². The van der Waals surface area contributed by atoms with E-state index in [0.29, 0.717) is 13.1 Å². The van der Waals surface area contributed by atoms with E-state index >= 15 is 0 Å². The molecule has 5 nitrogen and oxygen atoms in total. The van der Waals surface area contributed by atoms with Crippen LogP contribution in [0.2, 0.25) is 0 Å². The van der Waals surface area contributed by atoms with Gasteiger partial charge in [-0.2, -0.15) is 12.7 Å². The first kappa shape index (κ1) is 13.8.